The lowest BCUT2D eigenvalue weighted by Crippen LogP contribution is -2.10. The summed E-state index contributed by atoms with van der Waals surface area (Å²) in [4.78, 5) is 2.44. The van der Waals surface area contributed by atoms with Crippen LogP contribution in [-0.4, -0.2) is 4.57 Å². The second kappa shape index (κ2) is 18.6. The van der Waals surface area contributed by atoms with Gasteiger partial charge in [-0.05, 0) is 140 Å². The minimum Gasteiger partial charge on any atom is -0.312 e. The lowest BCUT2D eigenvalue weighted by Gasteiger charge is -2.28. The summed E-state index contributed by atoms with van der Waals surface area (Å²) < 4.78 is 2.51. The second-order valence-corrected chi connectivity index (χ2v) is 18.1. The molecule has 0 atom stereocenters. The van der Waals surface area contributed by atoms with Gasteiger partial charge in [0.05, 0.1) is 11.0 Å². The van der Waals surface area contributed by atoms with Crippen molar-refractivity contribution in [1.29, 1.82) is 0 Å². The minimum absolute atomic E-state index is 0.837. The van der Waals surface area contributed by atoms with Crippen LogP contribution in [-0.2, 0) is 0 Å². The maximum absolute atomic E-state index is 2.51. The highest BCUT2D eigenvalue weighted by Gasteiger charge is 2.22. The molecule has 0 spiro atoms. The largest absolute Gasteiger partial charge is 0.312 e. The maximum Gasteiger partial charge on any atom is 0.0622 e. The first-order valence-electron chi connectivity index (χ1n) is 24.2. The Morgan fingerprint density at radius 3 is 1.84 bits per heavy atom. The number of hydrogen-bond acceptors (Lipinski definition) is 1. The summed E-state index contributed by atoms with van der Waals surface area (Å²) in [7, 11) is 0. The molecule has 1 aliphatic rings. The van der Waals surface area contributed by atoms with Gasteiger partial charge in [0.25, 0.3) is 0 Å². The third-order valence-electron chi connectivity index (χ3n) is 13.7. The van der Waals surface area contributed by atoms with E-state index < -0.39 is 0 Å². The van der Waals surface area contributed by atoms with Crippen molar-refractivity contribution < 1.29 is 0 Å². The molecule has 10 aromatic carbocycles. The zero-order chi connectivity index (χ0) is 46.8. The van der Waals surface area contributed by atoms with Gasteiger partial charge in [-0.2, -0.15) is 0 Å². The molecule has 2 heteroatoms. The van der Waals surface area contributed by atoms with Gasteiger partial charge in [0.1, 0.15) is 0 Å². The van der Waals surface area contributed by atoms with Crippen LogP contribution in [0.4, 0.5) is 17.1 Å². The van der Waals surface area contributed by atoms with Crippen molar-refractivity contribution >= 4 is 67.0 Å². The highest BCUT2D eigenvalue weighted by molar-refractivity contribution is 6.24. The van der Waals surface area contributed by atoms with Crippen molar-refractivity contribution in [1.82, 2.24) is 4.57 Å². The Hall–Kier alpha value is -8.98. The third-order valence-corrected chi connectivity index (χ3v) is 13.7. The summed E-state index contributed by atoms with van der Waals surface area (Å²) in [6, 6.07) is 86.4. The first-order chi connectivity index (χ1) is 34.6. The Labute approximate surface area is 410 Å². The molecule has 0 unspecified atom stereocenters. The molecule has 11 aromatic rings. The van der Waals surface area contributed by atoms with Crippen molar-refractivity contribution in [2.75, 3.05) is 4.90 Å². The molecule has 0 saturated heterocycles. The second-order valence-electron chi connectivity index (χ2n) is 18.1. The van der Waals surface area contributed by atoms with Crippen LogP contribution in [0.1, 0.15) is 28.7 Å². The normalized spacial score (nSPS) is 12.6. The van der Waals surface area contributed by atoms with Gasteiger partial charge in [-0.25, -0.2) is 0 Å². The summed E-state index contributed by atoms with van der Waals surface area (Å²) in [5, 5.41) is 4.95. The van der Waals surface area contributed by atoms with E-state index in [1.54, 1.807) is 0 Å². The standard InChI is InChI=1S/C68H50N2/c1-48-22-15-17-34-61(48)64(42-49-23-7-4-8-24-49)52-38-40-58(41-39-52)69(60-45-55(50-25-9-5-10-26-50)43-56(46-60)51-27-11-6-12-28-51)59-33-21-30-53(44-59)65-47-54-29-16-18-35-62(54)68-67(65)63-36-19-20-37-66(63)70(68)57-31-13-2-3-14-32-57/h2-31,33-47H,32H2,1H3/b64-42-. The molecule has 1 aromatic heterocycles. The summed E-state index contributed by atoms with van der Waals surface area (Å²) in [5.41, 5.74) is 19.9. The lowest BCUT2D eigenvalue weighted by atomic mass is 9.92. The number of fused-ring (bicyclic) bond motifs is 5. The number of aromatic nitrogens is 1. The van der Waals surface area contributed by atoms with Crippen LogP contribution in [0, 0.1) is 6.92 Å². The predicted molar refractivity (Wildman–Crippen MR) is 300 cm³/mol. The van der Waals surface area contributed by atoms with Crippen LogP contribution in [0.3, 0.4) is 0 Å². The highest BCUT2D eigenvalue weighted by atomic mass is 15.1. The van der Waals surface area contributed by atoms with Crippen molar-refractivity contribution in [3.8, 4) is 33.4 Å². The van der Waals surface area contributed by atoms with Gasteiger partial charge in [0, 0.05) is 45.3 Å². The molecule has 12 rings (SSSR count). The lowest BCUT2D eigenvalue weighted by molar-refractivity contribution is 1.15. The number of para-hydroxylation sites is 1. The van der Waals surface area contributed by atoms with Gasteiger partial charge in [0.2, 0.25) is 0 Å². The Morgan fingerprint density at radius 1 is 0.471 bits per heavy atom. The topological polar surface area (TPSA) is 8.17 Å². The molecule has 0 aliphatic heterocycles. The number of anilines is 3. The molecule has 0 fully saturated rings. The number of rotatable bonds is 10. The van der Waals surface area contributed by atoms with E-state index in [9.17, 15) is 0 Å². The minimum atomic E-state index is 0.837. The van der Waals surface area contributed by atoms with Crippen LogP contribution >= 0.6 is 0 Å². The van der Waals surface area contributed by atoms with Gasteiger partial charge in [0.15, 0.2) is 0 Å². The fourth-order valence-electron chi connectivity index (χ4n) is 10.4. The van der Waals surface area contributed by atoms with E-state index in [-0.39, 0.29) is 0 Å². The molecule has 70 heavy (non-hydrogen) atoms. The summed E-state index contributed by atoms with van der Waals surface area (Å²) in [6.45, 7) is 2.20. The fourth-order valence-corrected chi connectivity index (χ4v) is 10.4. The van der Waals surface area contributed by atoms with Gasteiger partial charge < -0.3 is 9.47 Å². The van der Waals surface area contributed by atoms with Gasteiger partial charge in [-0.3, -0.25) is 0 Å². The van der Waals surface area contributed by atoms with Crippen LogP contribution in [0.2, 0.25) is 0 Å². The molecule has 1 aliphatic carbocycles. The molecule has 2 nitrogen and oxygen atoms in total. The van der Waals surface area contributed by atoms with E-state index in [1.807, 2.05) is 0 Å². The molecule has 1 heterocycles. The van der Waals surface area contributed by atoms with Crippen LogP contribution in [0.25, 0.3) is 83.3 Å². The zero-order valence-corrected chi connectivity index (χ0v) is 39.1. The van der Waals surface area contributed by atoms with E-state index in [2.05, 4.69) is 289 Å². The Bertz CT molecular complexity index is 3770. The fraction of sp³-hybridized carbons (Fsp3) is 0.0294. The molecular formula is C68H50N2. The number of nitrogens with zero attached hydrogens (tertiary/aromatic N) is 2. The molecule has 0 N–H and O–H groups in total. The summed E-state index contributed by atoms with van der Waals surface area (Å²) in [5.74, 6) is 0. The SMILES string of the molecule is Cc1ccccc1/C(=C\c1ccccc1)c1ccc(N(c2cc(-c3ccccc3)cc(-c3ccccc3)c2)c2cccc(-c3cc4ccccc4c4c3c3ccccc3n4C3=CC=CC=CC3)c2)cc1. The van der Waals surface area contributed by atoms with Crippen LogP contribution < -0.4 is 4.90 Å². The van der Waals surface area contributed by atoms with E-state index in [0.717, 1.165) is 45.7 Å². The van der Waals surface area contributed by atoms with E-state index in [1.165, 1.54) is 77.2 Å². The van der Waals surface area contributed by atoms with Crippen LogP contribution in [0.15, 0.2) is 267 Å². The van der Waals surface area contributed by atoms with Crippen molar-refractivity contribution in [2.24, 2.45) is 0 Å². The third kappa shape index (κ3) is 8.06. The van der Waals surface area contributed by atoms with E-state index in [4.69, 9.17) is 0 Å². The van der Waals surface area contributed by atoms with E-state index in [0.29, 0.717) is 0 Å². The smallest absolute Gasteiger partial charge is 0.0622 e. The molecule has 0 bridgehead atoms. The highest BCUT2D eigenvalue weighted by Crippen LogP contribution is 2.46. The number of benzene rings is 10. The first-order valence-corrected chi connectivity index (χ1v) is 24.2. The molecule has 0 radical (unpaired) electrons. The monoisotopic (exact) mass is 894 g/mol. The molecule has 332 valence electrons. The number of hydrogen-bond donors (Lipinski definition) is 0. The Morgan fingerprint density at radius 2 is 1.10 bits per heavy atom. The van der Waals surface area contributed by atoms with Crippen molar-refractivity contribution in [2.45, 2.75) is 13.3 Å². The Kier molecular flexibility index (Phi) is 11.3. The average molecular weight is 895 g/mol. The van der Waals surface area contributed by atoms with Gasteiger partial charge in [-0.15, -0.1) is 0 Å². The molecule has 0 amide bonds. The Balaban J connectivity index is 1.09. The zero-order valence-electron chi connectivity index (χ0n) is 39.1. The quantitative estimate of drug-likeness (QED) is 0.124. The number of aryl methyl sites for hydroxylation is 1. The predicted octanol–water partition coefficient (Wildman–Crippen LogP) is 18.7. The van der Waals surface area contributed by atoms with E-state index >= 15 is 0 Å². The molecule has 0 saturated carbocycles. The van der Waals surface area contributed by atoms with Crippen molar-refractivity contribution in [3.63, 3.8) is 0 Å². The summed E-state index contributed by atoms with van der Waals surface area (Å²) >= 11 is 0. The average Bonchev–Trinajstić information content (AvgIpc) is 3.54. The molecular weight excluding hydrogens is 845 g/mol. The first kappa shape index (κ1) is 42.4. The maximum atomic E-state index is 2.51. The van der Waals surface area contributed by atoms with Crippen LogP contribution in [0.5, 0.6) is 0 Å². The number of allylic oxidation sites excluding steroid dienone is 6. The van der Waals surface area contributed by atoms with Gasteiger partial charge >= 0.3 is 0 Å². The van der Waals surface area contributed by atoms with Crippen molar-refractivity contribution in [3.05, 3.63) is 289 Å². The van der Waals surface area contributed by atoms with Gasteiger partial charge in [-0.1, -0.05) is 206 Å². The summed E-state index contributed by atoms with van der Waals surface area (Å²) in [6.07, 6.45) is 14.1.